The summed E-state index contributed by atoms with van der Waals surface area (Å²) < 4.78 is 12.5. The lowest BCUT2D eigenvalue weighted by Gasteiger charge is -2.08. The Labute approximate surface area is 195 Å². The van der Waals surface area contributed by atoms with Crippen molar-refractivity contribution in [2.24, 2.45) is 5.92 Å². The van der Waals surface area contributed by atoms with Crippen LogP contribution in [0.25, 0.3) is 22.4 Å². The molecule has 3 N–H and O–H groups in total. The molecule has 4 aromatic rings. The lowest BCUT2D eigenvalue weighted by molar-refractivity contribution is 0.0600. The second kappa shape index (κ2) is 8.99. The number of ether oxygens (including phenoxy) is 1. The van der Waals surface area contributed by atoms with Crippen LogP contribution in [0.2, 0.25) is 5.02 Å². The molecule has 4 rings (SSSR count). The maximum absolute atomic E-state index is 12.8. The van der Waals surface area contributed by atoms with Crippen LogP contribution in [0.3, 0.4) is 0 Å². The van der Waals surface area contributed by atoms with Gasteiger partial charge in [-0.1, -0.05) is 25.4 Å². The lowest BCUT2D eigenvalue weighted by atomic mass is 10.1. The van der Waals surface area contributed by atoms with Crippen molar-refractivity contribution in [2.75, 3.05) is 18.2 Å². The SMILES string of the molecule is COC(=O)c1ccc(N)c(NC(=O)c2coc(-c3cn(CC(C)C)c4ccc(Cl)cc34)n2)c1. The number of amides is 1. The number of nitrogens with one attached hydrogen (secondary N) is 1. The van der Waals surface area contributed by atoms with Crippen molar-refractivity contribution in [3.8, 4) is 11.5 Å². The van der Waals surface area contributed by atoms with E-state index in [-0.39, 0.29) is 16.9 Å². The smallest absolute Gasteiger partial charge is 0.337 e. The fraction of sp³-hybridized carbons (Fsp3) is 0.208. The maximum atomic E-state index is 12.8. The number of rotatable bonds is 6. The molecule has 0 radical (unpaired) electrons. The first-order valence-electron chi connectivity index (χ1n) is 10.3. The van der Waals surface area contributed by atoms with Crippen LogP contribution >= 0.6 is 11.6 Å². The molecule has 170 valence electrons. The molecule has 0 saturated heterocycles. The number of nitrogens with zero attached hydrogens (tertiary/aromatic N) is 2. The summed E-state index contributed by atoms with van der Waals surface area (Å²) in [6.07, 6.45) is 3.23. The summed E-state index contributed by atoms with van der Waals surface area (Å²) in [6.45, 7) is 5.08. The summed E-state index contributed by atoms with van der Waals surface area (Å²) in [7, 11) is 1.28. The van der Waals surface area contributed by atoms with Gasteiger partial charge >= 0.3 is 5.97 Å². The highest BCUT2D eigenvalue weighted by molar-refractivity contribution is 6.31. The predicted molar refractivity (Wildman–Crippen MR) is 127 cm³/mol. The number of hydrogen-bond acceptors (Lipinski definition) is 6. The molecule has 0 spiro atoms. The van der Waals surface area contributed by atoms with E-state index < -0.39 is 11.9 Å². The summed E-state index contributed by atoms with van der Waals surface area (Å²) >= 11 is 6.23. The molecule has 0 aliphatic rings. The number of nitrogens with two attached hydrogens (primary N) is 1. The van der Waals surface area contributed by atoms with E-state index in [9.17, 15) is 9.59 Å². The maximum Gasteiger partial charge on any atom is 0.337 e. The zero-order valence-corrected chi connectivity index (χ0v) is 19.1. The Balaban J connectivity index is 1.65. The third-order valence-electron chi connectivity index (χ3n) is 5.09. The molecule has 0 bridgehead atoms. The molecule has 0 aliphatic heterocycles. The number of aromatic nitrogens is 2. The number of oxazole rings is 1. The van der Waals surface area contributed by atoms with Gasteiger partial charge in [0.05, 0.1) is 29.6 Å². The van der Waals surface area contributed by atoms with Crippen molar-refractivity contribution < 1.29 is 18.7 Å². The molecule has 8 nitrogen and oxygen atoms in total. The molecule has 0 unspecified atom stereocenters. The Morgan fingerprint density at radius 2 is 2.03 bits per heavy atom. The van der Waals surface area contributed by atoms with Gasteiger partial charge in [-0.25, -0.2) is 9.78 Å². The van der Waals surface area contributed by atoms with Crippen LogP contribution in [-0.4, -0.2) is 28.5 Å². The summed E-state index contributed by atoms with van der Waals surface area (Å²) in [6, 6.07) is 10.1. The number of anilines is 2. The highest BCUT2D eigenvalue weighted by atomic mass is 35.5. The first-order chi connectivity index (χ1) is 15.8. The molecule has 33 heavy (non-hydrogen) atoms. The molecular weight excluding hydrogens is 444 g/mol. The fourth-order valence-corrected chi connectivity index (χ4v) is 3.75. The number of halogens is 1. The largest absolute Gasteiger partial charge is 0.465 e. The van der Waals surface area contributed by atoms with Gasteiger partial charge in [0.15, 0.2) is 5.69 Å². The third-order valence-corrected chi connectivity index (χ3v) is 5.33. The van der Waals surface area contributed by atoms with Crippen LogP contribution in [0.4, 0.5) is 11.4 Å². The van der Waals surface area contributed by atoms with Gasteiger partial charge in [-0.3, -0.25) is 4.79 Å². The molecule has 0 aliphatic carbocycles. The Hall–Kier alpha value is -3.78. The average Bonchev–Trinajstić information content (AvgIpc) is 3.39. The molecule has 0 fully saturated rings. The van der Waals surface area contributed by atoms with E-state index in [1.807, 2.05) is 24.4 Å². The summed E-state index contributed by atoms with van der Waals surface area (Å²) in [5.41, 5.74) is 8.58. The van der Waals surface area contributed by atoms with Crippen LogP contribution in [-0.2, 0) is 11.3 Å². The van der Waals surface area contributed by atoms with E-state index in [1.165, 1.54) is 31.6 Å². The highest BCUT2D eigenvalue weighted by Crippen LogP contribution is 2.33. The van der Waals surface area contributed by atoms with E-state index in [2.05, 4.69) is 28.7 Å². The van der Waals surface area contributed by atoms with Gasteiger partial charge in [0.2, 0.25) is 5.89 Å². The molecule has 2 aromatic heterocycles. The van der Waals surface area contributed by atoms with Crippen molar-refractivity contribution in [3.63, 3.8) is 0 Å². The molecule has 9 heteroatoms. The number of esters is 1. The van der Waals surface area contributed by atoms with Crippen LogP contribution < -0.4 is 11.1 Å². The minimum atomic E-state index is -0.536. The number of benzene rings is 2. The van der Waals surface area contributed by atoms with Crippen molar-refractivity contribution in [3.05, 3.63) is 65.1 Å². The topological polar surface area (TPSA) is 112 Å². The third kappa shape index (κ3) is 4.56. The van der Waals surface area contributed by atoms with E-state index in [4.69, 9.17) is 26.5 Å². The van der Waals surface area contributed by atoms with Gasteiger partial charge in [-0.05, 0) is 42.3 Å². The van der Waals surface area contributed by atoms with E-state index in [0.29, 0.717) is 22.5 Å². The molecule has 1 amide bonds. The number of carbonyl (C=O) groups is 2. The number of hydrogen-bond donors (Lipinski definition) is 2. The van der Waals surface area contributed by atoms with Gasteiger partial charge in [0, 0.05) is 28.7 Å². The first-order valence-corrected chi connectivity index (χ1v) is 10.7. The minimum absolute atomic E-state index is 0.0691. The van der Waals surface area contributed by atoms with Crippen LogP contribution in [0.15, 0.2) is 53.3 Å². The highest BCUT2D eigenvalue weighted by Gasteiger charge is 2.20. The van der Waals surface area contributed by atoms with Gasteiger partial charge in [-0.15, -0.1) is 0 Å². The lowest BCUT2D eigenvalue weighted by Crippen LogP contribution is -2.14. The predicted octanol–water partition coefficient (Wildman–Crippen LogP) is 5.23. The summed E-state index contributed by atoms with van der Waals surface area (Å²) in [5, 5.41) is 4.14. The van der Waals surface area contributed by atoms with Crippen molar-refractivity contribution in [2.45, 2.75) is 20.4 Å². The first kappa shape index (κ1) is 22.4. The number of methoxy groups -OCH3 is 1. The van der Waals surface area contributed by atoms with Gasteiger partial charge in [-0.2, -0.15) is 0 Å². The normalized spacial score (nSPS) is 11.2. The Bertz CT molecular complexity index is 1360. The Morgan fingerprint density at radius 3 is 2.76 bits per heavy atom. The zero-order valence-electron chi connectivity index (χ0n) is 18.4. The number of nitrogen functional groups attached to an aromatic ring is 1. The Morgan fingerprint density at radius 1 is 1.24 bits per heavy atom. The van der Waals surface area contributed by atoms with E-state index in [1.54, 1.807) is 0 Å². The van der Waals surface area contributed by atoms with Gasteiger partial charge in [0.1, 0.15) is 6.26 Å². The monoisotopic (exact) mass is 466 g/mol. The van der Waals surface area contributed by atoms with E-state index in [0.717, 1.165) is 23.0 Å². The second-order valence-electron chi connectivity index (χ2n) is 8.04. The number of carbonyl (C=O) groups excluding carboxylic acids is 2. The van der Waals surface area contributed by atoms with E-state index >= 15 is 0 Å². The zero-order chi connectivity index (χ0) is 23.7. The van der Waals surface area contributed by atoms with Gasteiger partial charge < -0.3 is 24.8 Å². The molecule has 2 aromatic carbocycles. The molecular formula is C24H23ClN4O4. The minimum Gasteiger partial charge on any atom is -0.465 e. The summed E-state index contributed by atoms with van der Waals surface area (Å²) in [4.78, 5) is 29.0. The van der Waals surface area contributed by atoms with Gasteiger partial charge in [0.25, 0.3) is 5.91 Å². The number of fused-ring (bicyclic) bond motifs is 1. The van der Waals surface area contributed by atoms with Crippen molar-refractivity contribution in [1.82, 2.24) is 9.55 Å². The van der Waals surface area contributed by atoms with Crippen molar-refractivity contribution >= 4 is 45.8 Å². The fourth-order valence-electron chi connectivity index (χ4n) is 3.58. The van der Waals surface area contributed by atoms with Crippen LogP contribution in [0, 0.1) is 5.92 Å². The molecule has 0 atom stereocenters. The standard InChI is InChI=1S/C24H23ClN4O4/c1-13(2)10-29-11-17(16-9-15(25)5-7-21(16)29)23-28-20(12-33-23)22(30)27-19-8-14(24(31)32-3)4-6-18(19)26/h4-9,11-13H,10,26H2,1-3H3,(H,27,30). The molecule has 0 saturated carbocycles. The quantitative estimate of drug-likeness (QED) is 0.297. The van der Waals surface area contributed by atoms with Crippen LogP contribution in [0.1, 0.15) is 34.7 Å². The molecule has 2 heterocycles. The Kier molecular flexibility index (Phi) is 6.11. The van der Waals surface area contributed by atoms with Crippen LogP contribution in [0.5, 0.6) is 0 Å². The van der Waals surface area contributed by atoms with Crippen molar-refractivity contribution in [1.29, 1.82) is 0 Å². The average molecular weight is 467 g/mol. The summed E-state index contributed by atoms with van der Waals surface area (Å²) in [5.74, 6) is -0.333. The second-order valence-corrected chi connectivity index (χ2v) is 8.47.